The summed E-state index contributed by atoms with van der Waals surface area (Å²) >= 11 is 5.81. The van der Waals surface area contributed by atoms with Gasteiger partial charge in [-0.2, -0.15) is 0 Å². The quantitative estimate of drug-likeness (QED) is 0.682. The summed E-state index contributed by atoms with van der Waals surface area (Å²) in [7, 11) is 0. The molecule has 8 heteroatoms. The lowest BCUT2D eigenvalue weighted by molar-refractivity contribution is -0.119. The second-order valence-electron chi connectivity index (χ2n) is 6.57. The van der Waals surface area contributed by atoms with Gasteiger partial charge in [-0.05, 0) is 48.4 Å². The van der Waals surface area contributed by atoms with Gasteiger partial charge >= 0.3 is 0 Å². The summed E-state index contributed by atoms with van der Waals surface area (Å²) in [4.78, 5) is 36.2. The number of halogens is 2. The number of rotatable bonds is 6. The second-order valence-corrected chi connectivity index (χ2v) is 7.00. The molecule has 0 aliphatic heterocycles. The van der Waals surface area contributed by atoms with Crippen LogP contribution in [0.5, 0.6) is 0 Å². The van der Waals surface area contributed by atoms with E-state index >= 15 is 0 Å². The Bertz CT molecular complexity index is 885. The molecule has 2 aromatic carbocycles. The number of hydrogen-bond donors (Lipinski definition) is 3. The van der Waals surface area contributed by atoms with Crippen molar-refractivity contribution in [2.45, 2.75) is 26.8 Å². The Morgan fingerprint density at radius 1 is 1.00 bits per heavy atom. The third-order valence-corrected chi connectivity index (χ3v) is 4.14. The van der Waals surface area contributed by atoms with Gasteiger partial charge in [0.15, 0.2) is 0 Å². The van der Waals surface area contributed by atoms with Crippen molar-refractivity contribution < 1.29 is 18.8 Å². The molecule has 0 radical (unpaired) electrons. The van der Waals surface area contributed by atoms with E-state index in [1.807, 2.05) is 0 Å². The van der Waals surface area contributed by atoms with Gasteiger partial charge in [0.2, 0.25) is 11.8 Å². The Hall–Kier alpha value is -2.93. The van der Waals surface area contributed by atoms with Crippen molar-refractivity contribution >= 4 is 40.7 Å². The third kappa shape index (κ3) is 5.79. The molecule has 6 nitrogen and oxygen atoms in total. The summed E-state index contributed by atoms with van der Waals surface area (Å²) < 4.78 is 14.1. The van der Waals surface area contributed by atoms with E-state index in [9.17, 15) is 18.8 Å². The summed E-state index contributed by atoms with van der Waals surface area (Å²) in [6.45, 7) is 4.84. The van der Waals surface area contributed by atoms with Crippen LogP contribution in [0.25, 0.3) is 0 Å². The average Bonchev–Trinajstić information content (AvgIpc) is 2.62. The minimum atomic E-state index is -0.896. The summed E-state index contributed by atoms with van der Waals surface area (Å²) in [5, 5.41) is 8.13. The highest BCUT2D eigenvalue weighted by Gasteiger charge is 2.25. The fourth-order valence-electron chi connectivity index (χ4n) is 2.47. The Morgan fingerprint density at radius 2 is 1.64 bits per heavy atom. The molecular formula is C20H21ClFN3O3. The number of amides is 3. The zero-order chi connectivity index (χ0) is 20.8. The van der Waals surface area contributed by atoms with E-state index < -0.39 is 23.7 Å². The molecule has 0 aliphatic carbocycles. The molecule has 0 saturated carbocycles. The molecule has 28 heavy (non-hydrogen) atoms. The van der Waals surface area contributed by atoms with Gasteiger partial charge in [0.1, 0.15) is 11.9 Å². The number of carbonyl (C=O) groups is 3. The second kappa shape index (κ2) is 9.32. The maximum Gasteiger partial charge on any atom is 0.251 e. The molecule has 1 atom stereocenters. The first-order valence-electron chi connectivity index (χ1n) is 8.62. The highest BCUT2D eigenvalue weighted by Crippen LogP contribution is 2.20. The van der Waals surface area contributed by atoms with Crippen LogP contribution < -0.4 is 16.0 Å². The molecular weight excluding hydrogens is 385 g/mol. The largest absolute Gasteiger partial charge is 0.340 e. The van der Waals surface area contributed by atoms with Crippen LogP contribution in [0.2, 0.25) is 5.02 Å². The highest BCUT2D eigenvalue weighted by molar-refractivity contribution is 6.30. The van der Waals surface area contributed by atoms with Gasteiger partial charge in [-0.3, -0.25) is 14.4 Å². The fourth-order valence-corrected chi connectivity index (χ4v) is 2.60. The number of nitrogens with one attached hydrogen (secondary N) is 3. The number of anilines is 2. The van der Waals surface area contributed by atoms with Gasteiger partial charge in [0, 0.05) is 23.2 Å². The molecule has 0 bridgehead atoms. The van der Waals surface area contributed by atoms with Crippen LogP contribution in [0.4, 0.5) is 15.8 Å². The summed E-state index contributed by atoms with van der Waals surface area (Å²) in [5.41, 5.74) is 0.597. The van der Waals surface area contributed by atoms with Crippen LogP contribution in [0.3, 0.4) is 0 Å². The Morgan fingerprint density at radius 3 is 2.21 bits per heavy atom. The fraction of sp³-hybridized carbons (Fsp3) is 0.250. The Labute approximate surface area is 167 Å². The topological polar surface area (TPSA) is 87.3 Å². The Balaban J connectivity index is 2.15. The molecule has 1 unspecified atom stereocenters. The molecule has 148 valence electrons. The van der Waals surface area contributed by atoms with Crippen molar-refractivity contribution in [2.75, 3.05) is 10.6 Å². The zero-order valence-corrected chi connectivity index (χ0v) is 16.4. The first kappa shape index (κ1) is 21.4. The van der Waals surface area contributed by atoms with Crippen LogP contribution in [-0.4, -0.2) is 23.8 Å². The van der Waals surface area contributed by atoms with Crippen molar-refractivity contribution in [1.82, 2.24) is 5.32 Å². The van der Waals surface area contributed by atoms with Crippen molar-refractivity contribution in [3.8, 4) is 0 Å². The molecule has 0 saturated heterocycles. The molecule has 3 N–H and O–H groups in total. The monoisotopic (exact) mass is 405 g/mol. The summed E-state index contributed by atoms with van der Waals surface area (Å²) in [5.74, 6) is -2.25. The van der Waals surface area contributed by atoms with Crippen molar-refractivity contribution in [3.05, 3.63) is 58.9 Å². The molecule has 2 aromatic rings. The molecule has 0 spiro atoms. The summed E-state index contributed by atoms with van der Waals surface area (Å²) in [6, 6.07) is 9.17. The first-order chi connectivity index (χ1) is 13.2. The summed E-state index contributed by atoms with van der Waals surface area (Å²) in [6.07, 6.45) is 0. The lowest BCUT2D eigenvalue weighted by Gasteiger charge is -2.22. The van der Waals surface area contributed by atoms with Gasteiger partial charge in [0.05, 0.1) is 5.69 Å². The normalized spacial score (nSPS) is 11.6. The van der Waals surface area contributed by atoms with Crippen LogP contribution in [0, 0.1) is 11.7 Å². The number of benzene rings is 2. The van der Waals surface area contributed by atoms with E-state index in [1.165, 1.54) is 19.1 Å². The van der Waals surface area contributed by atoms with Gasteiger partial charge in [-0.1, -0.05) is 25.4 Å². The Kier molecular flexibility index (Phi) is 7.12. The minimum absolute atomic E-state index is 0.0948. The first-order valence-corrected chi connectivity index (χ1v) is 8.99. The molecule has 0 fully saturated rings. The molecule has 0 aliphatic rings. The van der Waals surface area contributed by atoms with E-state index in [2.05, 4.69) is 16.0 Å². The smallest absolute Gasteiger partial charge is 0.251 e. The molecule has 2 rings (SSSR count). The van der Waals surface area contributed by atoms with Crippen LogP contribution in [0.15, 0.2) is 42.5 Å². The average molecular weight is 406 g/mol. The van der Waals surface area contributed by atoms with E-state index in [0.717, 1.165) is 6.07 Å². The highest BCUT2D eigenvalue weighted by atomic mass is 35.5. The van der Waals surface area contributed by atoms with E-state index in [1.54, 1.807) is 38.1 Å². The van der Waals surface area contributed by atoms with Crippen LogP contribution in [0.1, 0.15) is 31.1 Å². The van der Waals surface area contributed by atoms with Gasteiger partial charge in [0.25, 0.3) is 5.91 Å². The van der Waals surface area contributed by atoms with E-state index in [-0.39, 0.29) is 17.5 Å². The van der Waals surface area contributed by atoms with Crippen molar-refractivity contribution in [1.29, 1.82) is 0 Å². The number of carbonyl (C=O) groups excluding carboxylic acids is 3. The van der Waals surface area contributed by atoms with E-state index in [0.29, 0.717) is 16.3 Å². The minimum Gasteiger partial charge on any atom is -0.340 e. The van der Waals surface area contributed by atoms with Crippen LogP contribution in [-0.2, 0) is 9.59 Å². The van der Waals surface area contributed by atoms with Gasteiger partial charge in [-0.25, -0.2) is 4.39 Å². The molecule has 0 aromatic heterocycles. The van der Waals surface area contributed by atoms with Crippen LogP contribution >= 0.6 is 11.6 Å². The maximum absolute atomic E-state index is 14.1. The SMILES string of the molecule is CC(=O)Nc1ccc(F)c(NC(=O)C(NC(=O)c2ccc(Cl)cc2)C(C)C)c1. The maximum atomic E-state index is 14.1. The lowest BCUT2D eigenvalue weighted by Crippen LogP contribution is -2.47. The molecule has 3 amide bonds. The predicted molar refractivity (Wildman–Crippen MR) is 107 cm³/mol. The number of hydrogen-bond acceptors (Lipinski definition) is 3. The molecule has 0 heterocycles. The third-order valence-electron chi connectivity index (χ3n) is 3.89. The predicted octanol–water partition coefficient (Wildman–Crippen LogP) is 3.83. The zero-order valence-electron chi connectivity index (χ0n) is 15.7. The lowest BCUT2D eigenvalue weighted by atomic mass is 10.0. The van der Waals surface area contributed by atoms with Gasteiger partial charge < -0.3 is 16.0 Å². The standard InChI is InChI=1S/C20H21ClFN3O3/c1-11(2)18(25-19(27)13-4-6-14(21)7-5-13)20(28)24-17-10-15(23-12(3)26)8-9-16(17)22/h4-11,18H,1-3H3,(H,23,26)(H,24,28)(H,25,27). The van der Waals surface area contributed by atoms with Crippen molar-refractivity contribution in [2.24, 2.45) is 5.92 Å². The van der Waals surface area contributed by atoms with E-state index in [4.69, 9.17) is 11.6 Å². The van der Waals surface area contributed by atoms with Crippen molar-refractivity contribution in [3.63, 3.8) is 0 Å². The van der Waals surface area contributed by atoms with Gasteiger partial charge in [-0.15, -0.1) is 0 Å².